The van der Waals surface area contributed by atoms with E-state index in [2.05, 4.69) is 20.6 Å². The lowest BCUT2D eigenvalue weighted by Gasteiger charge is -2.36. The number of nitrogens with zero attached hydrogens (tertiary/aromatic N) is 2. The molecule has 10 heteroatoms. The van der Waals surface area contributed by atoms with Crippen LogP contribution in [0.5, 0.6) is 0 Å². The van der Waals surface area contributed by atoms with Crippen LogP contribution < -0.4 is 10.6 Å². The van der Waals surface area contributed by atoms with E-state index in [4.69, 9.17) is 9.47 Å². The van der Waals surface area contributed by atoms with Crippen LogP contribution in [0.15, 0.2) is 108 Å². The van der Waals surface area contributed by atoms with Gasteiger partial charge in [0.15, 0.2) is 6.29 Å². The van der Waals surface area contributed by atoms with Gasteiger partial charge in [0.05, 0.1) is 36.0 Å². The third-order valence-corrected chi connectivity index (χ3v) is 8.47. The summed E-state index contributed by atoms with van der Waals surface area (Å²) >= 11 is 1.67. The molecule has 0 spiro atoms. The Morgan fingerprint density at radius 1 is 0.867 bits per heavy atom. The molecule has 228 valence electrons. The predicted molar refractivity (Wildman–Crippen MR) is 174 cm³/mol. The lowest BCUT2D eigenvalue weighted by Crippen LogP contribution is -2.31. The van der Waals surface area contributed by atoms with Crippen molar-refractivity contribution >= 4 is 46.0 Å². The first-order valence-electron chi connectivity index (χ1n) is 14.6. The number of carbonyl (C=O) groups excluding carboxylic acids is 2. The normalized spacial score (nSPS) is 18.0. The zero-order valence-electron chi connectivity index (χ0n) is 24.6. The van der Waals surface area contributed by atoms with Crippen molar-refractivity contribution in [3.63, 3.8) is 0 Å². The smallest absolute Gasteiger partial charge is 0.275 e. The summed E-state index contributed by atoms with van der Waals surface area (Å²) in [4.78, 5) is 34.3. The Labute approximate surface area is 265 Å². The van der Waals surface area contributed by atoms with Crippen LogP contribution in [0.3, 0.4) is 0 Å². The minimum absolute atomic E-state index is 0.0270. The molecule has 9 nitrogen and oxygen atoms in total. The summed E-state index contributed by atoms with van der Waals surface area (Å²) in [5.41, 5.74) is 5.51. The maximum atomic E-state index is 13.1. The van der Waals surface area contributed by atoms with Crippen molar-refractivity contribution in [2.24, 2.45) is 0 Å². The van der Waals surface area contributed by atoms with Crippen molar-refractivity contribution in [2.75, 3.05) is 16.4 Å². The maximum Gasteiger partial charge on any atom is 0.275 e. The molecule has 1 aliphatic rings. The number of benzene rings is 4. The number of nitrogens with one attached hydrogen (secondary N) is 2. The molecular formula is C35H32N4O5S. The molecule has 1 aromatic heterocycles. The van der Waals surface area contributed by atoms with Gasteiger partial charge in [0.1, 0.15) is 5.69 Å². The average molecular weight is 621 g/mol. The zero-order chi connectivity index (χ0) is 31.2. The number of ether oxygens (including phenoxy) is 2. The van der Waals surface area contributed by atoms with Crippen molar-refractivity contribution in [3.05, 3.63) is 126 Å². The third-order valence-electron chi connectivity index (χ3n) is 7.32. The summed E-state index contributed by atoms with van der Waals surface area (Å²) in [5, 5.41) is 15.2. The van der Waals surface area contributed by atoms with Crippen LogP contribution in [0, 0.1) is 0 Å². The second kappa shape index (κ2) is 14.0. The van der Waals surface area contributed by atoms with Gasteiger partial charge in [0, 0.05) is 40.9 Å². The Kier molecular flexibility index (Phi) is 9.46. The van der Waals surface area contributed by atoms with E-state index < -0.39 is 6.29 Å². The van der Waals surface area contributed by atoms with Crippen molar-refractivity contribution in [2.45, 2.75) is 43.3 Å². The van der Waals surface area contributed by atoms with Gasteiger partial charge in [-0.1, -0.05) is 48.5 Å². The van der Waals surface area contributed by atoms with E-state index in [0.29, 0.717) is 23.4 Å². The molecule has 2 amide bonds. The van der Waals surface area contributed by atoms with Crippen molar-refractivity contribution < 1.29 is 24.2 Å². The van der Waals surface area contributed by atoms with E-state index in [1.54, 1.807) is 11.8 Å². The van der Waals surface area contributed by atoms with Gasteiger partial charge in [-0.25, -0.2) is 4.98 Å². The molecular weight excluding hydrogens is 588 g/mol. The number of fused-ring (bicyclic) bond motifs is 1. The Bertz CT molecular complexity index is 1800. The number of anilines is 2. The Morgan fingerprint density at radius 2 is 1.64 bits per heavy atom. The molecule has 6 rings (SSSR count). The molecule has 2 heterocycles. The Morgan fingerprint density at radius 3 is 2.40 bits per heavy atom. The van der Waals surface area contributed by atoms with Crippen LogP contribution in [0.2, 0.25) is 0 Å². The Hall–Kier alpha value is -4.61. The number of amides is 2. The van der Waals surface area contributed by atoms with Gasteiger partial charge in [-0.05, 0) is 59.7 Å². The largest absolute Gasteiger partial charge is 0.392 e. The van der Waals surface area contributed by atoms with Gasteiger partial charge < -0.3 is 25.2 Å². The first-order valence-corrected chi connectivity index (χ1v) is 15.6. The minimum Gasteiger partial charge on any atom is -0.392 e. The highest BCUT2D eigenvalue weighted by molar-refractivity contribution is 7.99. The number of para-hydroxylation sites is 2. The molecule has 5 aromatic rings. The van der Waals surface area contributed by atoms with Crippen LogP contribution in [0.4, 0.5) is 11.4 Å². The highest BCUT2D eigenvalue weighted by Crippen LogP contribution is 2.40. The molecule has 3 atom stereocenters. The van der Waals surface area contributed by atoms with E-state index in [1.807, 2.05) is 97.1 Å². The first kappa shape index (κ1) is 30.4. The number of rotatable bonds is 9. The highest BCUT2D eigenvalue weighted by Gasteiger charge is 2.32. The highest BCUT2D eigenvalue weighted by atomic mass is 32.2. The first-order chi connectivity index (χ1) is 21.9. The fraction of sp³-hybridized carbons (Fsp3) is 0.200. The number of aliphatic hydroxyl groups is 1. The molecule has 1 fully saturated rings. The van der Waals surface area contributed by atoms with E-state index in [9.17, 15) is 14.7 Å². The van der Waals surface area contributed by atoms with Crippen LogP contribution in [-0.4, -0.2) is 38.7 Å². The van der Waals surface area contributed by atoms with Gasteiger partial charge in [-0.2, -0.15) is 0 Å². The molecule has 45 heavy (non-hydrogen) atoms. The monoisotopic (exact) mass is 620 g/mol. The molecule has 3 unspecified atom stereocenters. The maximum absolute atomic E-state index is 13.1. The second-order valence-electron chi connectivity index (χ2n) is 10.7. The van der Waals surface area contributed by atoms with Gasteiger partial charge in [0.2, 0.25) is 5.91 Å². The summed E-state index contributed by atoms with van der Waals surface area (Å²) in [6.45, 7) is 1.46. The molecule has 3 N–H and O–H groups in total. The number of carbonyl (C=O) groups is 2. The Balaban J connectivity index is 1.19. The number of hydrogen-bond acceptors (Lipinski definition) is 8. The molecule has 1 aliphatic heterocycles. The molecule has 4 aromatic carbocycles. The lowest BCUT2D eigenvalue weighted by atomic mass is 10.0. The third kappa shape index (κ3) is 7.73. The van der Waals surface area contributed by atoms with Gasteiger partial charge in [-0.3, -0.25) is 14.6 Å². The molecule has 0 bridgehead atoms. The summed E-state index contributed by atoms with van der Waals surface area (Å²) in [5.74, 6) is 0.208. The van der Waals surface area contributed by atoms with Gasteiger partial charge in [0.25, 0.3) is 5.91 Å². The van der Waals surface area contributed by atoms with Gasteiger partial charge >= 0.3 is 0 Å². The summed E-state index contributed by atoms with van der Waals surface area (Å²) < 4.78 is 13.0. The zero-order valence-corrected chi connectivity index (χ0v) is 25.4. The second-order valence-corrected chi connectivity index (χ2v) is 11.8. The summed E-state index contributed by atoms with van der Waals surface area (Å²) in [6.07, 6.45) is 1.05. The molecule has 0 aliphatic carbocycles. The number of thioether (sulfide) groups is 1. The molecule has 0 radical (unpaired) electrons. The lowest BCUT2D eigenvalue weighted by molar-refractivity contribution is -0.245. The average Bonchev–Trinajstić information content (AvgIpc) is 3.07. The predicted octanol–water partition coefficient (Wildman–Crippen LogP) is 6.67. The van der Waals surface area contributed by atoms with Crippen LogP contribution >= 0.6 is 11.8 Å². The summed E-state index contributed by atoms with van der Waals surface area (Å²) in [7, 11) is 0. The van der Waals surface area contributed by atoms with Crippen molar-refractivity contribution in [3.8, 4) is 0 Å². The number of aromatic nitrogens is 2. The van der Waals surface area contributed by atoms with E-state index in [0.717, 1.165) is 32.8 Å². The quantitative estimate of drug-likeness (QED) is 0.156. The van der Waals surface area contributed by atoms with E-state index in [-0.39, 0.29) is 36.3 Å². The van der Waals surface area contributed by atoms with E-state index in [1.165, 1.54) is 13.1 Å². The van der Waals surface area contributed by atoms with Crippen LogP contribution in [0.25, 0.3) is 11.0 Å². The fourth-order valence-corrected chi connectivity index (χ4v) is 6.00. The molecule has 1 saturated heterocycles. The van der Waals surface area contributed by atoms with Crippen LogP contribution in [0.1, 0.15) is 52.9 Å². The van der Waals surface area contributed by atoms with Crippen molar-refractivity contribution in [1.29, 1.82) is 0 Å². The number of aliphatic hydroxyl groups excluding tert-OH is 1. The topological polar surface area (TPSA) is 123 Å². The van der Waals surface area contributed by atoms with Crippen LogP contribution in [-0.2, 0) is 20.9 Å². The van der Waals surface area contributed by atoms with E-state index >= 15 is 0 Å². The van der Waals surface area contributed by atoms with Crippen molar-refractivity contribution in [1.82, 2.24) is 9.97 Å². The summed E-state index contributed by atoms with van der Waals surface area (Å²) in [6, 6.07) is 30.3. The SMILES string of the molecule is CC(=O)Nc1ccc(SCC2CC(c3ccc(CO)cc3)OC(c3cccc(NC(=O)c4cnc5ccccc5n4)c3)O2)cc1. The van der Waals surface area contributed by atoms with Gasteiger partial charge in [-0.15, -0.1) is 11.8 Å². The molecule has 0 saturated carbocycles. The minimum atomic E-state index is -0.675. The fourth-order valence-electron chi connectivity index (χ4n) is 5.07. The number of hydrogen-bond donors (Lipinski definition) is 3. The standard InChI is InChI=1S/C35H32N4O5S/c1-22(41)37-26-13-15-29(16-14-26)45-21-28-18-33(24-11-9-23(20-40)10-12-24)44-35(43-28)25-5-4-6-27(17-25)38-34(42)32-19-36-30-7-2-3-8-31(30)39-32/h2-17,19,28,33,35,40H,18,20-21H2,1H3,(H,37,41)(H,38,42).